The predicted octanol–water partition coefficient (Wildman–Crippen LogP) is 3.03. The Balaban J connectivity index is 0.00000256. The van der Waals surface area contributed by atoms with Crippen molar-refractivity contribution in [2.24, 2.45) is 0 Å². The number of hydrogen-bond acceptors (Lipinski definition) is 3. The van der Waals surface area contributed by atoms with Crippen LogP contribution in [0.2, 0.25) is 10.0 Å². The highest BCUT2D eigenvalue weighted by molar-refractivity contribution is 6.38. The molecule has 98 valence electrons. The van der Waals surface area contributed by atoms with Gasteiger partial charge in [0.2, 0.25) is 0 Å². The first kappa shape index (κ1) is 16.8. The van der Waals surface area contributed by atoms with Crippen LogP contribution in [-0.4, -0.2) is 17.7 Å². The van der Waals surface area contributed by atoms with E-state index in [0.29, 0.717) is 33.9 Å². The van der Waals surface area contributed by atoms with Crippen LogP contribution in [0.4, 0.5) is 5.69 Å². The highest BCUT2D eigenvalue weighted by atomic mass is 35.5. The van der Waals surface area contributed by atoms with Crippen LogP contribution in [-0.2, 0) is 0 Å². The molecule has 0 aliphatic heterocycles. The average Bonchev–Trinajstić information content (AvgIpc) is 2.21. The van der Waals surface area contributed by atoms with E-state index in [9.17, 15) is 5.11 Å². The summed E-state index contributed by atoms with van der Waals surface area (Å²) in [5.74, 6) is 0. The zero-order chi connectivity index (χ0) is 12.3. The highest BCUT2D eigenvalue weighted by Gasteiger charge is 2.12. The maximum Gasteiger partial charge on any atom is 0.0915 e. The first-order valence-corrected chi connectivity index (χ1v) is 5.83. The number of rotatable bonds is 4. The second-order valence-corrected chi connectivity index (χ2v) is 4.79. The number of nitrogen functional groups attached to an aromatic ring is 1. The number of halogens is 3. The number of aliphatic hydroxyl groups is 1. The molecule has 0 spiro atoms. The normalized spacial score (nSPS) is 12.4. The summed E-state index contributed by atoms with van der Waals surface area (Å²) in [7, 11) is 0. The number of benzene rings is 1. The van der Waals surface area contributed by atoms with Gasteiger partial charge in [0.25, 0.3) is 0 Å². The fourth-order valence-electron chi connectivity index (χ4n) is 1.26. The third-order valence-corrected chi connectivity index (χ3v) is 2.83. The Morgan fingerprint density at radius 3 is 2.18 bits per heavy atom. The summed E-state index contributed by atoms with van der Waals surface area (Å²) in [5, 5.41) is 13.8. The van der Waals surface area contributed by atoms with Crippen LogP contribution in [0.15, 0.2) is 12.1 Å². The van der Waals surface area contributed by atoms with E-state index in [1.807, 2.05) is 13.8 Å². The molecule has 1 rings (SSSR count). The largest absolute Gasteiger partial charge is 0.396 e. The van der Waals surface area contributed by atoms with E-state index >= 15 is 0 Å². The van der Waals surface area contributed by atoms with Crippen LogP contribution < -0.4 is 11.1 Å². The molecule has 17 heavy (non-hydrogen) atoms. The van der Waals surface area contributed by atoms with Gasteiger partial charge >= 0.3 is 0 Å². The first-order valence-electron chi connectivity index (χ1n) is 5.07. The van der Waals surface area contributed by atoms with Crippen molar-refractivity contribution < 1.29 is 5.11 Å². The lowest BCUT2D eigenvalue weighted by Gasteiger charge is -2.15. The molecular formula is C11H17Cl3N2O. The third-order valence-electron chi connectivity index (χ3n) is 2.21. The summed E-state index contributed by atoms with van der Waals surface area (Å²) in [6, 6.07) is 3.58. The van der Waals surface area contributed by atoms with Gasteiger partial charge in [-0.05, 0) is 17.7 Å². The van der Waals surface area contributed by atoms with Crippen molar-refractivity contribution in [3.63, 3.8) is 0 Å². The smallest absolute Gasteiger partial charge is 0.0915 e. The first-order chi connectivity index (χ1) is 7.41. The molecule has 1 unspecified atom stereocenters. The molecule has 4 N–H and O–H groups in total. The standard InChI is InChI=1S/C11H16Cl2N2O.ClH/c1-6(2)15-5-10(16)7-3-8(12)11(14)9(13)4-7;/h3-4,6,10,15-16H,5,14H2,1-2H3;1H. The van der Waals surface area contributed by atoms with E-state index in [-0.39, 0.29) is 12.4 Å². The Bertz CT molecular complexity index is 349. The quantitative estimate of drug-likeness (QED) is 0.749. The van der Waals surface area contributed by atoms with Crippen molar-refractivity contribution in [3.05, 3.63) is 27.7 Å². The van der Waals surface area contributed by atoms with Gasteiger partial charge in [0.1, 0.15) is 0 Å². The van der Waals surface area contributed by atoms with Gasteiger partial charge < -0.3 is 16.2 Å². The number of aliphatic hydroxyl groups excluding tert-OH is 1. The summed E-state index contributed by atoms with van der Waals surface area (Å²) >= 11 is 11.8. The molecule has 0 fully saturated rings. The van der Waals surface area contributed by atoms with E-state index in [0.717, 1.165) is 0 Å². The van der Waals surface area contributed by atoms with Gasteiger partial charge in [-0.2, -0.15) is 0 Å². The molecule has 1 aromatic rings. The molecule has 0 radical (unpaired) electrons. The summed E-state index contributed by atoms with van der Waals surface area (Å²) in [6.07, 6.45) is -0.641. The van der Waals surface area contributed by atoms with Crippen LogP contribution in [0.3, 0.4) is 0 Å². The van der Waals surface area contributed by atoms with Crippen LogP contribution in [0.1, 0.15) is 25.5 Å². The molecule has 1 atom stereocenters. The number of anilines is 1. The van der Waals surface area contributed by atoms with Crippen LogP contribution in [0, 0.1) is 0 Å². The number of nitrogens with two attached hydrogens (primary N) is 1. The van der Waals surface area contributed by atoms with Crippen molar-refractivity contribution >= 4 is 41.3 Å². The molecule has 0 saturated carbocycles. The average molecular weight is 300 g/mol. The van der Waals surface area contributed by atoms with E-state index in [2.05, 4.69) is 5.32 Å². The minimum Gasteiger partial charge on any atom is -0.396 e. The minimum atomic E-state index is -0.641. The highest BCUT2D eigenvalue weighted by Crippen LogP contribution is 2.31. The Morgan fingerprint density at radius 2 is 1.76 bits per heavy atom. The number of hydrogen-bond donors (Lipinski definition) is 3. The zero-order valence-corrected chi connectivity index (χ0v) is 12.0. The van der Waals surface area contributed by atoms with E-state index in [4.69, 9.17) is 28.9 Å². The summed E-state index contributed by atoms with van der Waals surface area (Å²) in [4.78, 5) is 0. The fraction of sp³-hybridized carbons (Fsp3) is 0.455. The summed E-state index contributed by atoms with van der Waals surface area (Å²) in [5.41, 5.74) is 6.62. The van der Waals surface area contributed by atoms with Crippen molar-refractivity contribution in [2.75, 3.05) is 12.3 Å². The molecule has 1 aromatic carbocycles. The van der Waals surface area contributed by atoms with Gasteiger partial charge in [-0.3, -0.25) is 0 Å². The molecular weight excluding hydrogens is 282 g/mol. The van der Waals surface area contributed by atoms with E-state index < -0.39 is 6.10 Å². The second kappa shape index (κ2) is 7.29. The van der Waals surface area contributed by atoms with Gasteiger partial charge in [0.15, 0.2) is 0 Å². The van der Waals surface area contributed by atoms with Crippen LogP contribution in [0.25, 0.3) is 0 Å². The molecule has 0 aromatic heterocycles. The molecule has 3 nitrogen and oxygen atoms in total. The van der Waals surface area contributed by atoms with Gasteiger partial charge in [0.05, 0.1) is 21.8 Å². The van der Waals surface area contributed by atoms with Crippen molar-refractivity contribution in [2.45, 2.75) is 26.0 Å². The van der Waals surface area contributed by atoms with Gasteiger partial charge in [-0.15, -0.1) is 12.4 Å². The van der Waals surface area contributed by atoms with Crippen molar-refractivity contribution in [3.8, 4) is 0 Å². The van der Waals surface area contributed by atoms with Crippen LogP contribution in [0.5, 0.6) is 0 Å². The molecule has 0 saturated heterocycles. The van der Waals surface area contributed by atoms with Crippen molar-refractivity contribution in [1.82, 2.24) is 5.32 Å². The molecule has 0 amide bonds. The summed E-state index contributed by atoms with van der Waals surface area (Å²) in [6.45, 7) is 4.47. The second-order valence-electron chi connectivity index (χ2n) is 3.98. The Kier molecular flexibility index (Phi) is 7.21. The van der Waals surface area contributed by atoms with Gasteiger partial charge in [-0.1, -0.05) is 37.0 Å². The molecule has 0 heterocycles. The predicted molar refractivity (Wildman–Crippen MR) is 76.2 cm³/mol. The SMILES string of the molecule is CC(C)NCC(O)c1cc(Cl)c(N)c(Cl)c1.Cl. The molecule has 0 aliphatic carbocycles. The van der Waals surface area contributed by atoms with E-state index in [1.54, 1.807) is 12.1 Å². The Labute approximate surface area is 118 Å². The van der Waals surface area contributed by atoms with Crippen LogP contribution >= 0.6 is 35.6 Å². The fourth-order valence-corrected chi connectivity index (χ4v) is 1.77. The van der Waals surface area contributed by atoms with Gasteiger partial charge in [-0.25, -0.2) is 0 Å². The third kappa shape index (κ3) is 4.90. The zero-order valence-electron chi connectivity index (χ0n) is 9.71. The lowest BCUT2D eigenvalue weighted by Crippen LogP contribution is -2.27. The lowest BCUT2D eigenvalue weighted by atomic mass is 10.1. The molecule has 0 aliphatic rings. The maximum absolute atomic E-state index is 9.89. The summed E-state index contributed by atoms with van der Waals surface area (Å²) < 4.78 is 0. The lowest BCUT2D eigenvalue weighted by molar-refractivity contribution is 0.171. The Morgan fingerprint density at radius 1 is 1.29 bits per heavy atom. The topological polar surface area (TPSA) is 58.3 Å². The Hall–Kier alpha value is -0.190. The maximum atomic E-state index is 9.89. The number of nitrogens with one attached hydrogen (secondary N) is 1. The molecule has 0 bridgehead atoms. The monoisotopic (exact) mass is 298 g/mol. The molecule has 6 heteroatoms. The van der Waals surface area contributed by atoms with Crippen molar-refractivity contribution in [1.29, 1.82) is 0 Å². The minimum absolute atomic E-state index is 0. The van der Waals surface area contributed by atoms with Gasteiger partial charge in [0, 0.05) is 12.6 Å². The van der Waals surface area contributed by atoms with E-state index in [1.165, 1.54) is 0 Å².